The van der Waals surface area contributed by atoms with Gasteiger partial charge in [0.25, 0.3) is 5.91 Å². The minimum Gasteiger partial charge on any atom is -0.382 e. The third kappa shape index (κ3) is 2.18. The number of nitrogens with zero attached hydrogens (tertiary/aromatic N) is 3. The molecule has 1 rings (SSSR count). The summed E-state index contributed by atoms with van der Waals surface area (Å²) in [6.45, 7) is 5.15. The molecule has 0 unspecified atom stereocenters. The first-order chi connectivity index (χ1) is 6.69. The summed E-state index contributed by atoms with van der Waals surface area (Å²) >= 11 is 0. The van der Waals surface area contributed by atoms with Crippen LogP contribution in [0.2, 0.25) is 0 Å². The van der Waals surface area contributed by atoms with Crippen LogP contribution in [0, 0.1) is 0 Å². The molecular weight excluding hydrogens is 180 g/mol. The van der Waals surface area contributed by atoms with E-state index >= 15 is 0 Å². The molecule has 5 nitrogen and oxygen atoms in total. The summed E-state index contributed by atoms with van der Waals surface area (Å²) in [4.78, 5) is 21.1. The number of carbonyl (C=O) groups excluding carboxylic acids is 1. The molecule has 0 fully saturated rings. The maximum Gasteiger partial charge on any atom is 0.274 e. The van der Waals surface area contributed by atoms with Crippen LogP contribution in [0.1, 0.15) is 24.3 Å². The van der Waals surface area contributed by atoms with Gasteiger partial charge in [-0.2, -0.15) is 0 Å². The second kappa shape index (κ2) is 4.55. The average Bonchev–Trinajstić information content (AvgIpc) is 2.19. The van der Waals surface area contributed by atoms with Gasteiger partial charge < -0.3 is 10.6 Å². The summed E-state index contributed by atoms with van der Waals surface area (Å²) in [5.41, 5.74) is 5.73. The first-order valence-corrected chi connectivity index (χ1v) is 4.55. The van der Waals surface area contributed by atoms with Gasteiger partial charge in [0.1, 0.15) is 11.5 Å². The highest BCUT2D eigenvalue weighted by molar-refractivity contribution is 5.92. The van der Waals surface area contributed by atoms with Crippen molar-refractivity contribution >= 4 is 11.7 Å². The van der Waals surface area contributed by atoms with Crippen molar-refractivity contribution < 1.29 is 4.79 Å². The van der Waals surface area contributed by atoms with Crippen LogP contribution in [0.5, 0.6) is 0 Å². The fourth-order valence-corrected chi connectivity index (χ4v) is 1.16. The van der Waals surface area contributed by atoms with Gasteiger partial charge in [-0.3, -0.25) is 9.78 Å². The Balaban J connectivity index is 2.88. The van der Waals surface area contributed by atoms with Crippen LogP contribution >= 0.6 is 0 Å². The average molecular weight is 194 g/mol. The van der Waals surface area contributed by atoms with Crippen LogP contribution < -0.4 is 5.73 Å². The Hall–Kier alpha value is -1.65. The Morgan fingerprint density at radius 2 is 2.07 bits per heavy atom. The van der Waals surface area contributed by atoms with E-state index in [1.807, 2.05) is 13.8 Å². The van der Waals surface area contributed by atoms with Crippen LogP contribution in [0.4, 0.5) is 5.82 Å². The van der Waals surface area contributed by atoms with Gasteiger partial charge in [-0.15, -0.1) is 0 Å². The Morgan fingerprint density at radius 3 is 2.57 bits per heavy atom. The van der Waals surface area contributed by atoms with Crippen LogP contribution in [0.25, 0.3) is 0 Å². The van der Waals surface area contributed by atoms with Crippen LogP contribution in [-0.4, -0.2) is 33.9 Å². The zero-order valence-electron chi connectivity index (χ0n) is 8.40. The molecule has 14 heavy (non-hydrogen) atoms. The maximum atomic E-state index is 11.7. The first kappa shape index (κ1) is 10.4. The SMILES string of the molecule is CCN(CC)C(=O)c1cncc(N)n1. The molecule has 0 bridgehead atoms. The molecule has 0 aliphatic rings. The summed E-state index contributed by atoms with van der Waals surface area (Å²) in [5, 5.41) is 0. The van der Waals surface area contributed by atoms with Gasteiger partial charge in [0, 0.05) is 13.1 Å². The molecule has 1 amide bonds. The van der Waals surface area contributed by atoms with E-state index in [0.717, 1.165) is 0 Å². The van der Waals surface area contributed by atoms with Crippen LogP contribution in [-0.2, 0) is 0 Å². The van der Waals surface area contributed by atoms with E-state index in [9.17, 15) is 4.79 Å². The quantitative estimate of drug-likeness (QED) is 0.762. The van der Waals surface area contributed by atoms with Crippen molar-refractivity contribution in [1.29, 1.82) is 0 Å². The predicted molar refractivity (Wildman–Crippen MR) is 53.7 cm³/mol. The van der Waals surface area contributed by atoms with E-state index in [0.29, 0.717) is 18.8 Å². The van der Waals surface area contributed by atoms with Crippen molar-refractivity contribution in [3.05, 3.63) is 18.1 Å². The Kier molecular flexibility index (Phi) is 3.39. The van der Waals surface area contributed by atoms with Crippen molar-refractivity contribution in [1.82, 2.24) is 14.9 Å². The third-order valence-electron chi connectivity index (χ3n) is 1.92. The van der Waals surface area contributed by atoms with Crippen LogP contribution in [0.15, 0.2) is 12.4 Å². The van der Waals surface area contributed by atoms with Crippen LogP contribution in [0.3, 0.4) is 0 Å². The minimum absolute atomic E-state index is 0.130. The van der Waals surface area contributed by atoms with Crippen molar-refractivity contribution in [2.24, 2.45) is 0 Å². The summed E-state index contributed by atoms with van der Waals surface area (Å²) in [5.74, 6) is 0.137. The van der Waals surface area contributed by atoms with Crippen molar-refractivity contribution in [2.75, 3.05) is 18.8 Å². The number of hydrogen-bond donors (Lipinski definition) is 1. The molecule has 5 heteroatoms. The molecule has 0 saturated carbocycles. The molecule has 1 heterocycles. The molecule has 0 atom stereocenters. The lowest BCUT2D eigenvalue weighted by molar-refractivity contribution is 0.0767. The van der Waals surface area contributed by atoms with E-state index < -0.39 is 0 Å². The van der Waals surface area contributed by atoms with E-state index in [-0.39, 0.29) is 11.7 Å². The third-order valence-corrected chi connectivity index (χ3v) is 1.92. The maximum absolute atomic E-state index is 11.7. The molecule has 0 spiro atoms. The molecular formula is C9H14N4O. The van der Waals surface area contributed by atoms with Crippen molar-refractivity contribution in [3.8, 4) is 0 Å². The molecule has 0 aliphatic heterocycles. The summed E-state index contributed by atoms with van der Waals surface area (Å²) in [7, 11) is 0. The molecule has 2 N–H and O–H groups in total. The van der Waals surface area contributed by atoms with E-state index in [4.69, 9.17) is 5.73 Å². The van der Waals surface area contributed by atoms with Gasteiger partial charge in [0.2, 0.25) is 0 Å². The summed E-state index contributed by atoms with van der Waals surface area (Å²) < 4.78 is 0. The Bertz CT molecular complexity index is 322. The van der Waals surface area contributed by atoms with Crippen molar-refractivity contribution in [2.45, 2.75) is 13.8 Å². The van der Waals surface area contributed by atoms with E-state index in [2.05, 4.69) is 9.97 Å². The first-order valence-electron chi connectivity index (χ1n) is 4.55. The fraction of sp³-hybridized carbons (Fsp3) is 0.444. The number of amides is 1. The number of anilines is 1. The molecule has 0 aliphatic carbocycles. The van der Waals surface area contributed by atoms with Gasteiger partial charge in [-0.05, 0) is 13.8 Å². The molecule has 0 aromatic carbocycles. The molecule has 1 aromatic rings. The fourth-order valence-electron chi connectivity index (χ4n) is 1.16. The van der Waals surface area contributed by atoms with E-state index in [1.54, 1.807) is 4.90 Å². The second-order valence-corrected chi connectivity index (χ2v) is 2.81. The predicted octanol–water partition coefficient (Wildman–Crippen LogP) is 0.541. The van der Waals surface area contributed by atoms with Gasteiger partial charge in [-0.25, -0.2) is 4.98 Å². The van der Waals surface area contributed by atoms with Gasteiger partial charge >= 0.3 is 0 Å². The summed E-state index contributed by atoms with van der Waals surface area (Å²) in [6, 6.07) is 0. The second-order valence-electron chi connectivity index (χ2n) is 2.81. The van der Waals surface area contributed by atoms with Gasteiger partial charge in [0.05, 0.1) is 12.4 Å². The highest BCUT2D eigenvalue weighted by Crippen LogP contribution is 2.02. The molecule has 76 valence electrons. The lowest BCUT2D eigenvalue weighted by Gasteiger charge is -2.17. The lowest BCUT2D eigenvalue weighted by atomic mass is 10.3. The topological polar surface area (TPSA) is 72.1 Å². The summed E-state index contributed by atoms with van der Waals surface area (Å²) in [6.07, 6.45) is 2.84. The molecule has 0 radical (unpaired) electrons. The van der Waals surface area contributed by atoms with Gasteiger partial charge in [-0.1, -0.05) is 0 Å². The number of nitrogen functional groups attached to an aromatic ring is 1. The number of hydrogen-bond acceptors (Lipinski definition) is 4. The molecule has 1 aromatic heterocycles. The normalized spacial score (nSPS) is 9.86. The largest absolute Gasteiger partial charge is 0.382 e. The van der Waals surface area contributed by atoms with Crippen molar-refractivity contribution in [3.63, 3.8) is 0 Å². The number of aromatic nitrogens is 2. The highest BCUT2D eigenvalue weighted by atomic mass is 16.2. The highest BCUT2D eigenvalue weighted by Gasteiger charge is 2.13. The van der Waals surface area contributed by atoms with Gasteiger partial charge in [0.15, 0.2) is 0 Å². The number of carbonyl (C=O) groups is 1. The zero-order valence-corrected chi connectivity index (χ0v) is 8.40. The number of rotatable bonds is 3. The standard InChI is InChI=1S/C9H14N4O/c1-3-13(4-2)9(14)7-5-11-6-8(10)12-7/h5-6H,3-4H2,1-2H3,(H2,10,12). The minimum atomic E-state index is -0.130. The monoisotopic (exact) mass is 194 g/mol. The Labute approximate surface area is 83.0 Å². The number of nitrogens with two attached hydrogens (primary N) is 1. The Morgan fingerprint density at radius 1 is 1.43 bits per heavy atom. The smallest absolute Gasteiger partial charge is 0.274 e. The van der Waals surface area contributed by atoms with E-state index in [1.165, 1.54) is 12.4 Å². The molecule has 0 saturated heterocycles. The zero-order chi connectivity index (χ0) is 10.6. The lowest BCUT2D eigenvalue weighted by Crippen LogP contribution is -2.31.